The summed E-state index contributed by atoms with van der Waals surface area (Å²) in [7, 11) is 1.55. The lowest BCUT2D eigenvalue weighted by atomic mass is 9.84. The highest BCUT2D eigenvalue weighted by molar-refractivity contribution is 9.10. The van der Waals surface area contributed by atoms with Crippen LogP contribution >= 0.6 is 15.9 Å². The first-order valence-corrected chi connectivity index (χ1v) is 13.0. The van der Waals surface area contributed by atoms with Gasteiger partial charge in [0.1, 0.15) is 11.6 Å². The second-order valence-electron chi connectivity index (χ2n) is 8.97. The SMILES string of the molecule is CNC1=C([N+](=O)[O-])C(c2ccccc2-n2cc(-c3ccc(Br)cc3)nn2)C(C#N)=C(c2c[nH]c3ccccc23)O1. The Kier molecular flexibility index (Phi) is 6.37. The third kappa shape index (κ3) is 4.20. The topological polar surface area (TPSA) is 135 Å². The Hall–Kier alpha value is -5.21. The molecule has 1 atom stereocenters. The van der Waals surface area contributed by atoms with Gasteiger partial charge in [-0.05, 0) is 29.8 Å². The number of allylic oxidation sites excluding steroid dienone is 1. The van der Waals surface area contributed by atoms with E-state index in [1.54, 1.807) is 42.3 Å². The zero-order valence-electron chi connectivity index (χ0n) is 21.0. The standard InChI is InChI=1S/C29H20BrN7O3/c1-32-29-27(37(38)39)26(21(14-31)28(40-29)22-15-33-23-8-4-2-6-19(22)23)20-7-3-5-9-25(20)36-16-24(34-35-36)17-10-12-18(30)13-11-17/h2-13,15-16,26,32-33H,1H3. The fourth-order valence-corrected chi connectivity index (χ4v) is 5.19. The summed E-state index contributed by atoms with van der Waals surface area (Å²) in [6.45, 7) is 0. The third-order valence-corrected chi connectivity index (χ3v) is 7.28. The van der Waals surface area contributed by atoms with Gasteiger partial charge >= 0.3 is 5.70 Å². The Labute approximate surface area is 236 Å². The molecule has 11 heteroatoms. The highest BCUT2D eigenvalue weighted by atomic mass is 79.9. The Morgan fingerprint density at radius 1 is 1.12 bits per heavy atom. The molecule has 0 radical (unpaired) electrons. The van der Waals surface area contributed by atoms with E-state index in [4.69, 9.17) is 4.74 Å². The summed E-state index contributed by atoms with van der Waals surface area (Å²) < 4.78 is 8.57. The maximum Gasteiger partial charge on any atom is 0.318 e. The summed E-state index contributed by atoms with van der Waals surface area (Å²) in [4.78, 5) is 15.2. The minimum Gasteiger partial charge on any atom is -0.434 e. The average molecular weight is 594 g/mol. The molecule has 6 rings (SSSR count). The molecule has 2 aromatic heterocycles. The lowest BCUT2D eigenvalue weighted by molar-refractivity contribution is -0.433. The molecule has 0 amide bonds. The van der Waals surface area contributed by atoms with E-state index in [1.165, 1.54) is 0 Å². The van der Waals surface area contributed by atoms with Gasteiger partial charge in [-0.15, -0.1) is 5.10 Å². The molecule has 3 aromatic carbocycles. The Morgan fingerprint density at radius 3 is 2.62 bits per heavy atom. The molecule has 1 unspecified atom stereocenters. The van der Waals surface area contributed by atoms with Crippen molar-refractivity contribution in [1.29, 1.82) is 5.26 Å². The number of nitro groups is 1. The number of fused-ring (bicyclic) bond motifs is 1. The molecule has 0 fully saturated rings. The number of benzene rings is 3. The van der Waals surface area contributed by atoms with E-state index in [-0.39, 0.29) is 22.9 Å². The maximum absolute atomic E-state index is 12.5. The van der Waals surface area contributed by atoms with Gasteiger partial charge in [-0.3, -0.25) is 10.1 Å². The maximum atomic E-state index is 12.5. The van der Waals surface area contributed by atoms with Crippen LogP contribution in [0.1, 0.15) is 17.0 Å². The summed E-state index contributed by atoms with van der Waals surface area (Å²) in [5.74, 6) is -0.863. The summed E-state index contributed by atoms with van der Waals surface area (Å²) in [5, 5.41) is 35.3. The van der Waals surface area contributed by atoms with Crippen molar-refractivity contribution in [1.82, 2.24) is 25.3 Å². The van der Waals surface area contributed by atoms with Crippen molar-refractivity contribution in [3.63, 3.8) is 0 Å². The second kappa shape index (κ2) is 10.2. The van der Waals surface area contributed by atoms with Gasteiger partial charge in [0.2, 0.25) is 0 Å². The smallest absolute Gasteiger partial charge is 0.318 e. The third-order valence-electron chi connectivity index (χ3n) is 6.75. The van der Waals surface area contributed by atoms with Crippen molar-refractivity contribution < 1.29 is 9.66 Å². The van der Waals surface area contributed by atoms with Crippen molar-refractivity contribution in [3.8, 4) is 23.0 Å². The highest BCUT2D eigenvalue weighted by Crippen LogP contribution is 2.45. The number of aromatic nitrogens is 4. The zero-order valence-corrected chi connectivity index (χ0v) is 22.6. The monoisotopic (exact) mass is 593 g/mol. The number of ether oxygens (including phenoxy) is 1. The average Bonchev–Trinajstić information content (AvgIpc) is 3.64. The predicted molar refractivity (Wildman–Crippen MR) is 152 cm³/mol. The molecule has 10 nitrogen and oxygen atoms in total. The van der Waals surface area contributed by atoms with Crippen LogP contribution in [0.5, 0.6) is 0 Å². The lowest BCUT2D eigenvalue weighted by Gasteiger charge is -2.26. The molecular formula is C29H20BrN7O3. The number of hydrogen-bond acceptors (Lipinski definition) is 7. The molecule has 1 aliphatic heterocycles. The first kappa shape index (κ1) is 25.1. The number of rotatable bonds is 6. The van der Waals surface area contributed by atoms with Crippen LogP contribution in [0.4, 0.5) is 0 Å². The van der Waals surface area contributed by atoms with Gasteiger partial charge in [-0.25, -0.2) is 4.68 Å². The number of nitriles is 1. The van der Waals surface area contributed by atoms with E-state index in [9.17, 15) is 15.4 Å². The number of nitrogens with zero attached hydrogens (tertiary/aromatic N) is 5. The van der Waals surface area contributed by atoms with Crippen molar-refractivity contribution in [2.75, 3.05) is 7.05 Å². The summed E-state index contributed by atoms with van der Waals surface area (Å²) in [5.41, 5.74) is 3.85. The zero-order chi connectivity index (χ0) is 27.8. The fraction of sp³-hybridized carbons (Fsp3) is 0.0690. The molecule has 2 N–H and O–H groups in total. The van der Waals surface area contributed by atoms with Crippen LogP contribution in [-0.4, -0.2) is 31.9 Å². The number of H-pyrrole nitrogens is 1. The molecule has 5 aromatic rings. The van der Waals surface area contributed by atoms with Crippen LogP contribution in [0.3, 0.4) is 0 Å². The van der Waals surface area contributed by atoms with Crippen LogP contribution in [0.15, 0.2) is 107 Å². The van der Waals surface area contributed by atoms with Crippen LogP contribution < -0.4 is 5.32 Å². The van der Waals surface area contributed by atoms with Gasteiger partial charge in [0.15, 0.2) is 5.76 Å². The van der Waals surface area contributed by atoms with Gasteiger partial charge in [0, 0.05) is 39.7 Å². The molecule has 0 bridgehead atoms. The van der Waals surface area contributed by atoms with Gasteiger partial charge in [0.05, 0.1) is 28.4 Å². The van der Waals surface area contributed by atoms with Gasteiger partial charge in [-0.1, -0.05) is 69.7 Å². The first-order valence-electron chi connectivity index (χ1n) is 12.2. The van der Waals surface area contributed by atoms with Crippen molar-refractivity contribution in [3.05, 3.63) is 128 Å². The highest BCUT2D eigenvalue weighted by Gasteiger charge is 2.43. The summed E-state index contributed by atoms with van der Waals surface area (Å²) >= 11 is 3.44. The van der Waals surface area contributed by atoms with Crippen LogP contribution in [0.25, 0.3) is 33.6 Å². The number of para-hydroxylation sites is 2. The summed E-state index contributed by atoms with van der Waals surface area (Å²) in [6.07, 6.45) is 3.50. The van der Waals surface area contributed by atoms with Gasteiger partial charge in [0.25, 0.3) is 5.88 Å². The Morgan fingerprint density at radius 2 is 1.88 bits per heavy atom. The van der Waals surface area contributed by atoms with E-state index in [0.717, 1.165) is 20.9 Å². The van der Waals surface area contributed by atoms with E-state index in [2.05, 4.69) is 42.6 Å². The van der Waals surface area contributed by atoms with Gasteiger partial charge < -0.3 is 15.0 Å². The van der Waals surface area contributed by atoms with Crippen LogP contribution in [0, 0.1) is 21.4 Å². The van der Waals surface area contributed by atoms with Crippen LogP contribution in [-0.2, 0) is 4.74 Å². The minimum atomic E-state index is -1.06. The molecular weight excluding hydrogens is 574 g/mol. The number of hydrogen-bond donors (Lipinski definition) is 2. The molecule has 0 aliphatic carbocycles. The molecule has 3 heterocycles. The Balaban J connectivity index is 1.56. The predicted octanol–water partition coefficient (Wildman–Crippen LogP) is 5.89. The van der Waals surface area contributed by atoms with E-state index >= 15 is 0 Å². The normalized spacial score (nSPS) is 15.2. The number of halogens is 1. The second-order valence-corrected chi connectivity index (χ2v) is 9.89. The van der Waals surface area contributed by atoms with Crippen molar-refractivity contribution in [2.45, 2.75) is 5.92 Å². The lowest BCUT2D eigenvalue weighted by Crippen LogP contribution is -2.27. The molecule has 0 saturated heterocycles. The minimum absolute atomic E-state index is 0.0433. The number of nitrogens with one attached hydrogen (secondary N) is 2. The van der Waals surface area contributed by atoms with Crippen LogP contribution in [0.2, 0.25) is 0 Å². The first-order chi connectivity index (χ1) is 19.5. The van der Waals surface area contributed by atoms with E-state index in [0.29, 0.717) is 22.5 Å². The molecule has 40 heavy (non-hydrogen) atoms. The molecule has 1 aliphatic rings. The quantitative estimate of drug-likeness (QED) is 0.185. The van der Waals surface area contributed by atoms with Crippen molar-refractivity contribution >= 4 is 32.6 Å². The number of aromatic amines is 1. The van der Waals surface area contributed by atoms with E-state index in [1.807, 2.05) is 54.6 Å². The molecule has 0 saturated carbocycles. The van der Waals surface area contributed by atoms with Crippen molar-refractivity contribution in [2.24, 2.45) is 0 Å². The summed E-state index contributed by atoms with van der Waals surface area (Å²) in [6, 6.07) is 24.6. The largest absolute Gasteiger partial charge is 0.434 e. The molecule has 0 spiro atoms. The molecule has 196 valence electrons. The Bertz CT molecular complexity index is 1880. The van der Waals surface area contributed by atoms with Gasteiger partial charge in [-0.2, -0.15) is 5.26 Å². The van der Waals surface area contributed by atoms with E-state index < -0.39 is 10.8 Å². The fourth-order valence-electron chi connectivity index (χ4n) is 4.93.